The van der Waals surface area contributed by atoms with E-state index in [4.69, 9.17) is 14.2 Å². The van der Waals surface area contributed by atoms with E-state index in [1.807, 2.05) is 6.92 Å². The van der Waals surface area contributed by atoms with E-state index in [2.05, 4.69) is 26.1 Å². The van der Waals surface area contributed by atoms with Gasteiger partial charge in [-0.2, -0.15) is 0 Å². The van der Waals surface area contributed by atoms with Gasteiger partial charge in [0.2, 0.25) is 11.8 Å². The second-order valence-electron chi connectivity index (χ2n) is 17.6. The van der Waals surface area contributed by atoms with E-state index in [1.165, 1.54) is 154 Å². The number of hydrogen-bond acceptors (Lipinski definition) is 7. The number of amides is 2. The lowest BCUT2D eigenvalue weighted by Gasteiger charge is -2.22. The zero-order chi connectivity index (χ0) is 44.0. The number of carbonyl (C=O) groups is 4. The topological polar surface area (TPSA) is 111 Å². The molecule has 0 heterocycles. The van der Waals surface area contributed by atoms with Gasteiger partial charge in [0.1, 0.15) is 13.2 Å². The van der Waals surface area contributed by atoms with Gasteiger partial charge in [-0.25, -0.2) is 0 Å². The lowest BCUT2D eigenvalue weighted by Crippen LogP contribution is -2.38. The van der Waals surface area contributed by atoms with Crippen LogP contribution in [0.5, 0.6) is 0 Å². The minimum absolute atomic E-state index is 0.0249. The summed E-state index contributed by atoms with van der Waals surface area (Å²) in [5.74, 6) is -0.934. The zero-order valence-corrected chi connectivity index (χ0v) is 40.1. The van der Waals surface area contributed by atoms with E-state index in [0.717, 1.165) is 51.4 Å². The van der Waals surface area contributed by atoms with Gasteiger partial charge in [-0.05, 0) is 26.2 Å². The Morgan fingerprint density at radius 2 is 0.750 bits per heavy atom. The molecule has 0 aromatic heterocycles. The van der Waals surface area contributed by atoms with E-state index < -0.39 is 0 Å². The number of rotatable bonds is 47. The first-order valence-corrected chi connectivity index (χ1v) is 25.8. The first kappa shape index (κ1) is 57.8. The Balaban J connectivity index is 4.36. The van der Waals surface area contributed by atoms with Gasteiger partial charge in [0, 0.05) is 38.8 Å². The van der Waals surface area contributed by atoms with Gasteiger partial charge >= 0.3 is 11.9 Å². The second kappa shape index (κ2) is 46.3. The van der Waals surface area contributed by atoms with E-state index >= 15 is 0 Å². The standard InChI is InChI=1S/C51H98N2O7/c1-5-8-11-13-15-17-19-21-23-25-27-29-31-33-35-37-50(56)59-44-41-53(49(55)40-39-48(54)52-46-47(4)58-43-10-7-3)42-45-60-51(57)38-36-34-32-30-28-26-24-22-20-18-16-14-12-9-6-2/h47H,5-46H2,1-4H3,(H,52,54). The molecule has 9 heteroatoms. The lowest BCUT2D eigenvalue weighted by molar-refractivity contribution is -0.147. The van der Waals surface area contributed by atoms with Crippen LogP contribution in [0.25, 0.3) is 0 Å². The maximum Gasteiger partial charge on any atom is 0.305 e. The van der Waals surface area contributed by atoms with Crippen molar-refractivity contribution in [3.8, 4) is 0 Å². The monoisotopic (exact) mass is 851 g/mol. The largest absolute Gasteiger partial charge is 0.464 e. The number of unbranched alkanes of at least 4 members (excludes halogenated alkanes) is 29. The third kappa shape index (κ3) is 42.5. The molecule has 0 saturated carbocycles. The number of nitrogens with zero attached hydrogens (tertiary/aromatic N) is 1. The highest BCUT2D eigenvalue weighted by molar-refractivity contribution is 5.83. The van der Waals surface area contributed by atoms with E-state index in [9.17, 15) is 19.2 Å². The van der Waals surface area contributed by atoms with Crippen LogP contribution >= 0.6 is 0 Å². The van der Waals surface area contributed by atoms with E-state index in [-0.39, 0.29) is 69.0 Å². The van der Waals surface area contributed by atoms with Gasteiger partial charge in [0.15, 0.2) is 0 Å². The summed E-state index contributed by atoms with van der Waals surface area (Å²) >= 11 is 0. The molecule has 0 aromatic rings. The molecule has 1 unspecified atom stereocenters. The average molecular weight is 851 g/mol. The Morgan fingerprint density at radius 3 is 1.10 bits per heavy atom. The summed E-state index contributed by atoms with van der Waals surface area (Å²) in [5, 5.41) is 2.85. The van der Waals surface area contributed by atoms with Crippen molar-refractivity contribution in [3.63, 3.8) is 0 Å². The predicted octanol–water partition coefficient (Wildman–Crippen LogP) is 13.5. The number of carbonyl (C=O) groups excluding carboxylic acids is 4. The molecule has 0 aromatic carbocycles. The van der Waals surface area contributed by atoms with Crippen molar-refractivity contribution in [2.75, 3.05) is 39.5 Å². The second-order valence-corrected chi connectivity index (χ2v) is 17.6. The van der Waals surface area contributed by atoms with Gasteiger partial charge < -0.3 is 24.4 Å². The molecule has 354 valence electrons. The predicted molar refractivity (Wildman–Crippen MR) is 250 cm³/mol. The van der Waals surface area contributed by atoms with Gasteiger partial charge in [-0.1, -0.05) is 207 Å². The normalized spacial score (nSPS) is 11.7. The summed E-state index contributed by atoms with van der Waals surface area (Å²) in [6.45, 7) is 10.2. The molecule has 0 spiro atoms. The zero-order valence-electron chi connectivity index (χ0n) is 40.1. The van der Waals surface area contributed by atoms with Crippen molar-refractivity contribution in [2.24, 2.45) is 0 Å². The summed E-state index contributed by atoms with van der Waals surface area (Å²) < 4.78 is 16.7. The smallest absolute Gasteiger partial charge is 0.305 e. The van der Waals surface area contributed by atoms with Crippen LogP contribution in [-0.4, -0.2) is 74.2 Å². The van der Waals surface area contributed by atoms with Crippen LogP contribution in [-0.2, 0) is 33.4 Å². The molecule has 1 atom stereocenters. The summed E-state index contributed by atoms with van der Waals surface area (Å²) in [4.78, 5) is 52.2. The number of hydrogen-bond donors (Lipinski definition) is 1. The molecule has 2 amide bonds. The number of nitrogens with one attached hydrogen (secondary N) is 1. The number of esters is 2. The average Bonchev–Trinajstić information content (AvgIpc) is 3.24. The van der Waals surface area contributed by atoms with Crippen molar-refractivity contribution in [1.29, 1.82) is 0 Å². The third-order valence-electron chi connectivity index (χ3n) is 11.6. The van der Waals surface area contributed by atoms with Crippen LogP contribution < -0.4 is 5.32 Å². The van der Waals surface area contributed by atoms with Crippen LogP contribution in [0.3, 0.4) is 0 Å². The molecule has 0 radical (unpaired) electrons. The fraction of sp³-hybridized carbons (Fsp3) is 0.922. The van der Waals surface area contributed by atoms with Crippen LogP contribution in [0.2, 0.25) is 0 Å². The highest BCUT2D eigenvalue weighted by atomic mass is 16.5. The van der Waals surface area contributed by atoms with Crippen molar-refractivity contribution < 1.29 is 33.4 Å². The highest BCUT2D eigenvalue weighted by Crippen LogP contribution is 2.16. The van der Waals surface area contributed by atoms with Gasteiger partial charge in [0.25, 0.3) is 0 Å². The maximum absolute atomic E-state index is 13.2. The fourth-order valence-corrected chi connectivity index (χ4v) is 7.54. The quantitative estimate of drug-likeness (QED) is 0.0479. The molecular formula is C51H98N2O7. The van der Waals surface area contributed by atoms with Crippen molar-refractivity contribution in [2.45, 2.75) is 265 Å². The minimum Gasteiger partial charge on any atom is -0.464 e. The lowest BCUT2D eigenvalue weighted by atomic mass is 10.0. The van der Waals surface area contributed by atoms with E-state index in [1.54, 1.807) is 4.90 Å². The molecule has 0 aliphatic carbocycles. The molecule has 0 aliphatic rings. The highest BCUT2D eigenvalue weighted by Gasteiger charge is 2.17. The van der Waals surface area contributed by atoms with Crippen LogP contribution in [0, 0.1) is 0 Å². The molecule has 0 aliphatic heterocycles. The first-order chi connectivity index (χ1) is 29.3. The summed E-state index contributed by atoms with van der Waals surface area (Å²) in [7, 11) is 0. The van der Waals surface area contributed by atoms with Crippen LogP contribution in [0.4, 0.5) is 0 Å². The Bertz CT molecular complexity index is 925. The van der Waals surface area contributed by atoms with E-state index in [0.29, 0.717) is 26.0 Å². The van der Waals surface area contributed by atoms with Crippen molar-refractivity contribution >= 4 is 23.8 Å². The van der Waals surface area contributed by atoms with Crippen molar-refractivity contribution in [3.05, 3.63) is 0 Å². The van der Waals surface area contributed by atoms with Gasteiger partial charge in [-0.3, -0.25) is 19.2 Å². The van der Waals surface area contributed by atoms with Gasteiger partial charge in [-0.15, -0.1) is 0 Å². The fourth-order valence-electron chi connectivity index (χ4n) is 7.54. The molecular weight excluding hydrogens is 753 g/mol. The van der Waals surface area contributed by atoms with Crippen LogP contribution in [0.15, 0.2) is 0 Å². The molecule has 0 fully saturated rings. The third-order valence-corrected chi connectivity index (χ3v) is 11.6. The SMILES string of the molecule is CCCCCCCCCCCCCCCCCC(=O)OCCN(CCOC(=O)CCCCCCCCCCCCCCCCC)C(=O)CCC(=O)NCC(C)OCCCC. The summed E-state index contributed by atoms with van der Waals surface area (Å²) in [6.07, 6.45) is 41.0. The van der Waals surface area contributed by atoms with Crippen LogP contribution in [0.1, 0.15) is 259 Å². The Labute approximate surface area is 370 Å². The summed E-state index contributed by atoms with van der Waals surface area (Å²) in [5.41, 5.74) is 0. The Hall–Kier alpha value is -2.16. The molecule has 1 N–H and O–H groups in total. The van der Waals surface area contributed by atoms with Gasteiger partial charge in [0.05, 0.1) is 19.2 Å². The molecule has 9 nitrogen and oxygen atoms in total. The molecule has 60 heavy (non-hydrogen) atoms. The Kier molecular flexibility index (Phi) is 44.7. The maximum atomic E-state index is 13.2. The Morgan fingerprint density at radius 1 is 0.417 bits per heavy atom. The molecule has 0 bridgehead atoms. The first-order valence-electron chi connectivity index (χ1n) is 25.8. The minimum atomic E-state index is -0.248. The molecule has 0 rings (SSSR count). The van der Waals surface area contributed by atoms with Crippen molar-refractivity contribution in [1.82, 2.24) is 10.2 Å². The summed E-state index contributed by atoms with van der Waals surface area (Å²) in [6, 6.07) is 0. The molecule has 0 saturated heterocycles. The number of ether oxygens (including phenoxy) is 3.